The van der Waals surface area contributed by atoms with Gasteiger partial charge >= 0.3 is 0 Å². The highest BCUT2D eigenvalue weighted by Crippen LogP contribution is 2.39. The van der Waals surface area contributed by atoms with Gasteiger partial charge in [-0.3, -0.25) is 9.69 Å². The van der Waals surface area contributed by atoms with Crippen LogP contribution in [0.5, 0.6) is 0 Å². The van der Waals surface area contributed by atoms with Gasteiger partial charge in [0.15, 0.2) is 0 Å². The lowest BCUT2D eigenvalue weighted by molar-refractivity contribution is -0.133. The number of carbonyl (C=O) groups excluding carboxylic acids is 1. The highest BCUT2D eigenvalue weighted by atomic mass is 16.5. The van der Waals surface area contributed by atoms with Crippen LogP contribution in [0.15, 0.2) is 12.4 Å². The Balaban J connectivity index is 1.65. The smallest absolute Gasteiger partial charge is 0.257 e. The Hall–Kier alpha value is -1.77. The van der Waals surface area contributed by atoms with E-state index in [4.69, 9.17) is 4.74 Å². The first-order chi connectivity index (χ1) is 12.8. The van der Waals surface area contributed by atoms with Crippen LogP contribution in [0.1, 0.15) is 37.6 Å². The van der Waals surface area contributed by atoms with Crippen molar-refractivity contribution < 1.29 is 14.6 Å². The van der Waals surface area contributed by atoms with Crippen LogP contribution in [0, 0.1) is 5.41 Å². The Morgan fingerprint density at radius 2 is 1.93 bits per heavy atom. The third-order valence-electron chi connectivity index (χ3n) is 5.75. The van der Waals surface area contributed by atoms with Gasteiger partial charge in [-0.15, -0.1) is 0 Å². The molecule has 2 N–H and O–H groups in total. The Morgan fingerprint density at radius 3 is 2.52 bits per heavy atom. The van der Waals surface area contributed by atoms with Crippen molar-refractivity contribution in [3.05, 3.63) is 18.0 Å². The summed E-state index contributed by atoms with van der Waals surface area (Å²) in [4.78, 5) is 25.3. The van der Waals surface area contributed by atoms with Crippen LogP contribution in [0.2, 0.25) is 0 Å². The number of aromatic nitrogens is 2. The lowest BCUT2D eigenvalue weighted by Crippen LogP contribution is -2.63. The second-order valence-electron chi connectivity index (χ2n) is 8.11. The van der Waals surface area contributed by atoms with E-state index in [9.17, 15) is 9.90 Å². The van der Waals surface area contributed by atoms with E-state index in [0.29, 0.717) is 50.8 Å². The molecule has 0 spiro atoms. The number of carbonyl (C=O) groups is 1. The molecule has 1 aromatic rings. The molecule has 8 nitrogen and oxygen atoms in total. The Kier molecular flexibility index (Phi) is 5.98. The summed E-state index contributed by atoms with van der Waals surface area (Å²) in [6, 6.07) is 0. The van der Waals surface area contributed by atoms with Crippen molar-refractivity contribution in [3.8, 4) is 0 Å². The molecule has 2 aliphatic heterocycles. The molecule has 1 unspecified atom stereocenters. The van der Waals surface area contributed by atoms with Crippen molar-refractivity contribution in [2.45, 2.75) is 32.8 Å². The van der Waals surface area contributed by atoms with Crippen LogP contribution < -0.4 is 5.32 Å². The monoisotopic (exact) mass is 377 g/mol. The summed E-state index contributed by atoms with van der Waals surface area (Å²) < 4.78 is 5.40. The minimum atomic E-state index is -0.827. The van der Waals surface area contributed by atoms with Crippen molar-refractivity contribution in [1.82, 2.24) is 19.8 Å². The molecular weight excluding hydrogens is 346 g/mol. The molecule has 0 radical (unpaired) electrons. The van der Waals surface area contributed by atoms with Crippen molar-refractivity contribution in [3.63, 3.8) is 0 Å². The number of amides is 1. The van der Waals surface area contributed by atoms with Crippen molar-refractivity contribution in [2.75, 3.05) is 57.8 Å². The van der Waals surface area contributed by atoms with Crippen LogP contribution >= 0.6 is 0 Å². The number of nitrogens with one attached hydrogen (secondary N) is 1. The van der Waals surface area contributed by atoms with E-state index in [-0.39, 0.29) is 5.91 Å². The van der Waals surface area contributed by atoms with E-state index in [0.717, 1.165) is 19.6 Å². The number of ether oxygens (including phenoxy) is 1. The number of rotatable bonds is 5. The predicted octanol–water partition coefficient (Wildman–Crippen LogP) is 0.844. The van der Waals surface area contributed by atoms with Gasteiger partial charge in [-0.25, -0.2) is 9.97 Å². The van der Waals surface area contributed by atoms with Crippen LogP contribution in [-0.2, 0) is 4.74 Å². The van der Waals surface area contributed by atoms with Crippen molar-refractivity contribution in [2.24, 2.45) is 5.41 Å². The summed E-state index contributed by atoms with van der Waals surface area (Å²) in [5.74, 6) is 0.437. The summed E-state index contributed by atoms with van der Waals surface area (Å²) in [6.45, 7) is 11.5. The van der Waals surface area contributed by atoms with Gasteiger partial charge in [-0.2, -0.15) is 0 Å². The van der Waals surface area contributed by atoms with Gasteiger partial charge in [0.05, 0.1) is 24.4 Å². The van der Waals surface area contributed by atoms with Crippen LogP contribution in [0.3, 0.4) is 0 Å². The molecule has 0 aromatic carbocycles. The highest BCUT2D eigenvalue weighted by molar-refractivity contribution is 5.93. The molecule has 2 aliphatic rings. The summed E-state index contributed by atoms with van der Waals surface area (Å²) in [5, 5.41) is 14.4. The van der Waals surface area contributed by atoms with Gasteiger partial charge in [-0.1, -0.05) is 13.8 Å². The number of piperidine rings is 1. The van der Waals surface area contributed by atoms with E-state index in [1.54, 1.807) is 17.3 Å². The largest absolute Gasteiger partial charge is 0.388 e. The molecule has 3 rings (SSSR count). The number of β-amino-alcohol motifs (C(OH)–C–C–N with tert-alkyl or cyclic N) is 1. The normalized spacial score (nSPS) is 26.0. The highest BCUT2D eigenvalue weighted by Gasteiger charge is 2.49. The summed E-state index contributed by atoms with van der Waals surface area (Å²) in [5.41, 5.74) is -0.762. The number of morpholine rings is 1. The Labute approximate surface area is 160 Å². The van der Waals surface area contributed by atoms with E-state index in [2.05, 4.69) is 20.2 Å². The first-order valence-corrected chi connectivity index (χ1v) is 9.72. The number of nitrogens with zero attached hydrogens (tertiary/aromatic N) is 4. The maximum absolute atomic E-state index is 12.9. The molecule has 1 aromatic heterocycles. The first kappa shape index (κ1) is 20.0. The van der Waals surface area contributed by atoms with E-state index >= 15 is 0 Å². The minimum Gasteiger partial charge on any atom is -0.388 e. The molecular formula is C19H31N5O3. The van der Waals surface area contributed by atoms with Gasteiger partial charge in [0.25, 0.3) is 5.91 Å². The van der Waals surface area contributed by atoms with Gasteiger partial charge < -0.3 is 20.1 Å². The van der Waals surface area contributed by atoms with Crippen LogP contribution in [0.25, 0.3) is 0 Å². The maximum Gasteiger partial charge on any atom is 0.257 e. The van der Waals surface area contributed by atoms with Crippen LogP contribution in [0.4, 0.5) is 5.95 Å². The van der Waals surface area contributed by atoms with Crippen LogP contribution in [-0.4, -0.2) is 88.9 Å². The zero-order chi connectivity index (χ0) is 19.5. The molecule has 1 amide bonds. The Bertz CT molecular complexity index is 645. The molecule has 8 heteroatoms. The number of hydrogen-bond acceptors (Lipinski definition) is 7. The van der Waals surface area contributed by atoms with Gasteiger partial charge in [0.2, 0.25) is 5.95 Å². The molecule has 2 saturated heterocycles. The molecule has 150 valence electrons. The quantitative estimate of drug-likeness (QED) is 0.786. The zero-order valence-corrected chi connectivity index (χ0v) is 16.6. The molecule has 3 heterocycles. The number of likely N-dealkylation sites (tertiary alicyclic amines) is 1. The summed E-state index contributed by atoms with van der Waals surface area (Å²) in [6.07, 6.45) is 3.68. The van der Waals surface area contributed by atoms with E-state index < -0.39 is 11.0 Å². The molecule has 0 bridgehead atoms. The van der Waals surface area contributed by atoms with Gasteiger partial charge in [-0.05, 0) is 13.3 Å². The van der Waals surface area contributed by atoms with E-state index in [1.807, 2.05) is 20.8 Å². The first-order valence-electron chi connectivity index (χ1n) is 9.72. The molecule has 0 saturated carbocycles. The number of aliphatic hydroxyl groups is 1. The lowest BCUT2D eigenvalue weighted by atomic mass is 9.69. The fraction of sp³-hybridized carbons (Fsp3) is 0.737. The molecule has 27 heavy (non-hydrogen) atoms. The standard InChI is InChI=1S/C19H31N5O3/c1-4-20-17-21-11-15(12-22-17)16(25)24-6-5-19(26,18(2,3)13-24)14-23-7-9-27-10-8-23/h11-12,26H,4-10,13-14H2,1-3H3,(H,20,21,22). The average Bonchev–Trinajstić information content (AvgIpc) is 2.65. The summed E-state index contributed by atoms with van der Waals surface area (Å²) in [7, 11) is 0. The fourth-order valence-electron chi connectivity index (χ4n) is 3.83. The SMILES string of the molecule is CCNc1ncc(C(=O)N2CCC(O)(CN3CCOCC3)C(C)(C)C2)cn1. The zero-order valence-electron chi connectivity index (χ0n) is 16.6. The van der Waals surface area contributed by atoms with Crippen molar-refractivity contribution >= 4 is 11.9 Å². The molecule has 0 aliphatic carbocycles. The van der Waals surface area contributed by atoms with Crippen molar-refractivity contribution in [1.29, 1.82) is 0 Å². The number of anilines is 1. The topological polar surface area (TPSA) is 90.8 Å². The van der Waals surface area contributed by atoms with E-state index in [1.165, 1.54) is 0 Å². The lowest BCUT2D eigenvalue weighted by Gasteiger charge is -2.52. The fourth-order valence-corrected chi connectivity index (χ4v) is 3.83. The predicted molar refractivity (Wildman–Crippen MR) is 103 cm³/mol. The summed E-state index contributed by atoms with van der Waals surface area (Å²) >= 11 is 0. The third kappa shape index (κ3) is 4.39. The Morgan fingerprint density at radius 1 is 1.26 bits per heavy atom. The third-order valence-corrected chi connectivity index (χ3v) is 5.75. The molecule has 2 fully saturated rings. The second-order valence-corrected chi connectivity index (χ2v) is 8.11. The maximum atomic E-state index is 12.9. The van der Waals surface area contributed by atoms with Gasteiger partial charge in [0.1, 0.15) is 0 Å². The average molecular weight is 377 g/mol. The minimum absolute atomic E-state index is 0.0838. The second kappa shape index (κ2) is 8.08. The molecule has 1 atom stereocenters. The van der Waals surface area contributed by atoms with Gasteiger partial charge in [0, 0.05) is 57.1 Å². The number of hydrogen-bond donors (Lipinski definition) is 2.